The summed E-state index contributed by atoms with van der Waals surface area (Å²) >= 11 is 12.9. The monoisotopic (exact) mass is 518 g/mol. The maximum absolute atomic E-state index is 12.9. The van der Waals surface area contributed by atoms with Crippen LogP contribution < -0.4 is 4.74 Å². The van der Waals surface area contributed by atoms with Crippen LogP contribution in [0.4, 0.5) is 4.79 Å². The molecule has 178 valence electrons. The summed E-state index contributed by atoms with van der Waals surface area (Å²) in [7, 11) is 0. The van der Waals surface area contributed by atoms with E-state index in [1.165, 1.54) is 0 Å². The zero-order valence-electron chi connectivity index (χ0n) is 18.5. The fraction of sp³-hybridized carbons (Fsp3) is 0.320. The number of nitrogens with zero attached hydrogens (tertiary/aromatic N) is 2. The third-order valence-corrected chi connectivity index (χ3v) is 7.36. The Kier molecular flexibility index (Phi) is 8.19. The second-order valence-corrected chi connectivity index (χ2v) is 9.95. The van der Waals surface area contributed by atoms with Gasteiger partial charge in [0.25, 0.3) is 11.1 Å². The molecule has 4 rings (SSSR count). The van der Waals surface area contributed by atoms with Gasteiger partial charge in [0, 0.05) is 18.7 Å². The predicted molar refractivity (Wildman–Crippen MR) is 135 cm³/mol. The van der Waals surface area contributed by atoms with Gasteiger partial charge in [-0.1, -0.05) is 60.3 Å². The summed E-state index contributed by atoms with van der Waals surface area (Å²) in [5.41, 5.74) is 1.50. The van der Waals surface area contributed by atoms with Gasteiger partial charge in [-0.2, -0.15) is 0 Å². The summed E-state index contributed by atoms with van der Waals surface area (Å²) in [6, 6.07) is 12.5. The molecule has 0 spiro atoms. The molecule has 0 atom stereocenters. The molecule has 0 aliphatic carbocycles. The van der Waals surface area contributed by atoms with Crippen molar-refractivity contribution < 1.29 is 19.1 Å². The van der Waals surface area contributed by atoms with E-state index in [0.717, 1.165) is 47.9 Å². The van der Waals surface area contributed by atoms with Gasteiger partial charge in [-0.25, -0.2) is 0 Å². The summed E-state index contributed by atoms with van der Waals surface area (Å²) in [5.74, 6) is -0.0886. The van der Waals surface area contributed by atoms with Gasteiger partial charge in [0.15, 0.2) is 0 Å². The quantitative estimate of drug-likeness (QED) is 0.438. The molecule has 2 heterocycles. The molecule has 0 N–H and O–H groups in total. The van der Waals surface area contributed by atoms with Gasteiger partial charge in [-0.05, 0) is 54.4 Å². The van der Waals surface area contributed by atoms with Crippen LogP contribution in [-0.2, 0) is 16.2 Å². The Morgan fingerprint density at radius 3 is 2.47 bits per heavy atom. The van der Waals surface area contributed by atoms with Crippen LogP contribution in [0.3, 0.4) is 0 Å². The minimum Gasteiger partial charge on any atom is -0.488 e. The Hall–Kier alpha value is -2.48. The SMILES string of the molecule is O=C(CN1C(=O)SC(=Cc2ccccc2OCc2ccc(Cl)c(Cl)c2)C1=O)N1CCCCCC1. The normalized spacial score (nSPS) is 17.9. The summed E-state index contributed by atoms with van der Waals surface area (Å²) in [5, 5.41) is 0.476. The molecular weight excluding hydrogens is 495 g/mol. The first-order valence-corrected chi connectivity index (χ1v) is 12.7. The van der Waals surface area contributed by atoms with E-state index in [1.54, 1.807) is 35.2 Å². The van der Waals surface area contributed by atoms with E-state index in [4.69, 9.17) is 27.9 Å². The lowest BCUT2D eigenvalue weighted by molar-refractivity contribution is -0.135. The number of imide groups is 1. The number of hydrogen-bond acceptors (Lipinski definition) is 5. The molecule has 3 amide bonds. The van der Waals surface area contributed by atoms with Crippen molar-refractivity contribution in [2.45, 2.75) is 32.3 Å². The van der Waals surface area contributed by atoms with Gasteiger partial charge >= 0.3 is 0 Å². The summed E-state index contributed by atoms with van der Waals surface area (Å²) in [6.45, 7) is 1.38. The number of hydrogen-bond donors (Lipinski definition) is 0. The highest BCUT2D eigenvalue weighted by Crippen LogP contribution is 2.34. The van der Waals surface area contributed by atoms with Gasteiger partial charge in [0.1, 0.15) is 18.9 Å². The summed E-state index contributed by atoms with van der Waals surface area (Å²) < 4.78 is 5.95. The highest BCUT2D eigenvalue weighted by atomic mass is 35.5. The third-order valence-electron chi connectivity index (χ3n) is 5.71. The van der Waals surface area contributed by atoms with Crippen molar-refractivity contribution in [1.29, 1.82) is 0 Å². The van der Waals surface area contributed by atoms with Crippen LogP contribution in [-0.4, -0.2) is 46.5 Å². The molecule has 2 fully saturated rings. The molecule has 0 bridgehead atoms. The summed E-state index contributed by atoms with van der Waals surface area (Å²) in [4.78, 5) is 41.2. The van der Waals surface area contributed by atoms with E-state index in [1.807, 2.05) is 18.2 Å². The van der Waals surface area contributed by atoms with Crippen LogP contribution in [0.5, 0.6) is 5.75 Å². The van der Waals surface area contributed by atoms with E-state index in [2.05, 4.69) is 0 Å². The molecule has 9 heteroatoms. The molecule has 0 radical (unpaired) electrons. The maximum atomic E-state index is 12.9. The second-order valence-electron chi connectivity index (χ2n) is 8.14. The predicted octanol–water partition coefficient (Wildman–Crippen LogP) is 6.01. The Morgan fingerprint density at radius 2 is 1.74 bits per heavy atom. The first-order chi connectivity index (χ1) is 16.4. The lowest BCUT2D eigenvalue weighted by Gasteiger charge is -2.22. The average Bonchev–Trinajstić information content (AvgIpc) is 3.02. The molecule has 0 saturated carbocycles. The number of ether oxygens (including phenoxy) is 1. The zero-order valence-corrected chi connectivity index (χ0v) is 20.8. The Balaban J connectivity index is 1.45. The molecule has 0 aromatic heterocycles. The van der Waals surface area contributed by atoms with E-state index in [0.29, 0.717) is 34.4 Å². The lowest BCUT2D eigenvalue weighted by Crippen LogP contribution is -2.42. The number of amides is 3. The zero-order chi connectivity index (χ0) is 24.1. The average molecular weight is 519 g/mol. The Morgan fingerprint density at radius 1 is 1.00 bits per heavy atom. The molecule has 2 aromatic rings. The number of thioether (sulfide) groups is 1. The number of para-hydroxylation sites is 1. The smallest absolute Gasteiger partial charge is 0.294 e. The minimum absolute atomic E-state index is 0.184. The second kappa shape index (κ2) is 11.3. The fourth-order valence-corrected chi connectivity index (χ4v) is 5.00. The van der Waals surface area contributed by atoms with Crippen LogP contribution in [0.15, 0.2) is 47.4 Å². The van der Waals surface area contributed by atoms with Crippen molar-refractivity contribution in [2.24, 2.45) is 0 Å². The van der Waals surface area contributed by atoms with Gasteiger partial charge in [-0.3, -0.25) is 19.3 Å². The van der Waals surface area contributed by atoms with E-state index in [-0.39, 0.29) is 24.0 Å². The highest BCUT2D eigenvalue weighted by molar-refractivity contribution is 8.18. The maximum Gasteiger partial charge on any atom is 0.294 e. The van der Waals surface area contributed by atoms with Crippen LogP contribution in [0, 0.1) is 0 Å². The number of carbonyl (C=O) groups excluding carboxylic acids is 3. The van der Waals surface area contributed by atoms with Crippen LogP contribution in [0.1, 0.15) is 36.8 Å². The van der Waals surface area contributed by atoms with Crippen molar-refractivity contribution in [1.82, 2.24) is 9.80 Å². The van der Waals surface area contributed by atoms with Gasteiger partial charge in [-0.15, -0.1) is 0 Å². The number of rotatable bonds is 6. The fourth-order valence-electron chi connectivity index (χ4n) is 3.85. The Bertz CT molecular complexity index is 1130. The van der Waals surface area contributed by atoms with Gasteiger partial charge in [0.2, 0.25) is 5.91 Å². The van der Waals surface area contributed by atoms with E-state index in [9.17, 15) is 14.4 Å². The van der Waals surface area contributed by atoms with Crippen LogP contribution in [0.25, 0.3) is 6.08 Å². The number of carbonyl (C=O) groups is 3. The third kappa shape index (κ3) is 5.95. The lowest BCUT2D eigenvalue weighted by atomic mass is 10.1. The van der Waals surface area contributed by atoms with Crippen molar-refractivity contribution >= 4 is 58.1 Å². The number of likely N-dealkylation sites (tertiary alicyclic amines) is 1. The first-order valence-electron chi connectivity index (χ1n) is 11.1. The number of halogens is 2. The van der Waals surface area contributed by atoms with Crippen molar-refractivity contribution in [3.63, 3.8) is 0 Å². The molecule has 2 saturated heterocycles. The Labute approximate surface area is 212 Å². The topological polar surface area (TPSA) is 66.9 Å². The van der Waals surface area contributed by atoms with E-state index < -0.39 is 11.1 Å². The molecule has 0 unspecified atom stereocenters. The van der Waals surface area contributed by atoms with Crippen LogP contribution in [0.2, 0.25) is 10.0 Å². The van der Waals surface area contributed by atoms with Gasteiger partial charge in [0.05, 0.1) is 15.0 Å². The minimum atomic E-state index is -0.461. The first kappa shape index (κ1) is 24.6. The highest BCUT2D eigenvalue weighted by Gasteiger charge is 2.37. The molecule has 34 heavy (non-hydrogen) atoms. The molecule has 2 aliphatic heterocycles. The van der Waals surface area contributed by atoms with Gasteiger partial charge < -0.3 is 9.64 Å². The van der Waals surface area contributed by atoms with Crippen molar-refractivity contribution in [3.8, 4) is 5.75 Å². The molecule has 2 aromatic carbocycles. The standard InChI is InChI=1S/C25H24Cl2N2O4S/c26-19-10-9-17(13-20(19)27)16-33-21-8-4-3-7-18(21)14-22-24(31)29(25(32)34-22)15-23(30)28-11-5-1-2-6-12-28/h3-4,7-10,13-14H,1-2,5-6,11-12,15-16H2. The molecule has 6 nitrogen and oxygen atoms in total. The largest absolute Gasteiger partial charge is 0.488 e. The number of benzene rings is 2. The van der Waals surface area contributed by atoms with Crippen molar-refractivity contribution in [2.75, 3.05) is 19.6 Å². The van der Waals surface area contributed by atoms with E-state index >= 15 is 0 Å². The summed E-state index contributed by atoms with van der Waals surface area (Å²) in [6.07, 6.45) is 5.73. The molecule has 2 aliphatic rings. The van der Waals surface area contributed by atoms with Crippen LogP contribution >= 0.6 is 35.0 Å². The molecular formula is C25H24Cl2N2O4S. The van der Waals surface area contributed by atoms with Crippen molar-refractivity contribution in [3.05, 3.63) is 68.5 Å².